The van der Waals surface area contributed by atoms with Gasteiger partial charge in [-0.05, 0) is 24.3 Å². The second-order valence-corrected chi connectivity index (χ2v) is 5.43. The molecular formula is C16H15Cl2NO3. The van der Waals surface area contributed by atoms with Crippen LogP contribution in [-0.2, 0) is 11.2 Å². The molecule has 0 aliphatic carbocycles. The SMILES string of the molecule is COc1ccc(CC(=O)Nc2cc(Cl)cc(Cl)c2)c(OC)c1. The third-order valence-corrected chi connectivity index (χ3v) is 3.43. The highest BCUT2D eigenvalue weighted by molar-refractivity contribution is 6.35. The lowest BCUT2D eigenvalue weighted by molar-refractivity contribution is -0.115. The van der Waals surface area contributed by atoms with Crippen LogP contribution in [0.5, 0.6) is 11.5 Å². The fourth-order valence-corrected chi connectivity index (χ4v) is 2.53. The Hall–Kier alpha value is -1.91. The van der Waals surface area contributed by atoms with E-state index in [1.807, 2.05) is 0 Å². The van der Waals surface area contributed by atoms with Gasteiger partial charge >= 0.3 is 0 Å². The maximum Gasteiger partial charge on any atom is 0.228 e. The largest absolute Gasteiger partial charge is 0.497 e. The molecule has 4 nitrogen and oxygen atoms in total. The predicted molar refractivity (Wildman–Crippen MR) is 88.3 cm³/mol. The molecule has 0 aromatic heterocycles. The Labute approximate surface area is 138 Å². The molecule has 0 aliphatic rings. The molecule has 0 aliphatic heterocycles. The van der Waals surface area contributed by atoms with Crippen LogP contribution in [-0.4, -0.2) is 20.1 Å². The molecule has 0 heterocycles. The minimum absolute atomic E-state index is 0.164. The highest BCUT2D eigenvalue weighted by atomic mass is 35.5. The molecule has 1 amide bonds. The molecule has 0 radical (unpaired) electrons. The van der Waals surface area contributed by atoms with Crippen molar-refractivity contribution in [2.24, 2.45) is 0 Å². The lowest BCUT2D eigenvalue weighted by Gasteiger charge is -2.11. The van der Waals surface area contributed by atoms with Gasteiger partial charge in [-0.2, -0.15) is 0 Å². The van der Waals surface area contributed by atoms with Crippen LogP contribution in [0.25, 0.3) is 0 Å². The van der Waals surface area contributed by atoms with Crippen molar-refractivity contribution in [2.45, 2.75) is 6.42 Å². The van der Waals surface area contributed by atoms with Crippen LogP contribution in [0.3, 0.4) is 0 Å². The minimum atomic E-state index is -0.193. The van der Waals surface area contributed by atoms with E-state index in [4.69, 9.17) is 32.7 Å². The van der Waals surface area contributed by atoms with Crippen LogP contribution < -0.4 is 14.8 Å². The van der Waals surface area contributed by atoms with Gasteiger partial charge in [-0.3, -0.25) is 4.79 Å². The molecule has 0 spiro atoms. The highest BCUT2D eigenvalue weighted by Gasteiger charge is 2.11. The molecule has 0 saturated carbocycles. The number of hydrogen-bond donors (Lipinski definition) is 1. The Morgan fingerprint density at radius 2 is 1.73 bits per heavy atom. The summed E-state index contributed by atoms with van der Waals surface area (Å²) < 4.78 is 10.4. The van der Waals surface area contributed by atoms with Gasteiger partial charge in [0.05, 0.1) is 20.6 Å². The lowest BCUT2D eigenvalue weighted by Crippen LogP contribution is -2.15. The van der Waals surface area contributed by atoms with Gasteiger partial charge in [-0.25, -0.2) is 0 Å². The van der Waals surface area contributed by atoms with Crippen molar-refractivity contribution in [2.75, 3.05) is 19.5 Å². The van der Waals surface area contributed by atoms with Crippen molar-refractivity contribution < 1.29 is 14.3 Å². The van der Waals surface area contributed by atoms with Crippen LogP contribution in [0.4, 0.5) is 5.69 Å². The first kappa shape index (κ1) is 16.5. The van der Waals surface area contributed by atoms with Crippen molar-refractivity contribution in [1.29, 1.82) is 0 Å². The summed E-state index contributed by atoms with van der Waals surface area (Å²) in [4.78, 5) is 12.1. The van der Waals surface area contributed by atoms with E-state index >= 15 is 0 Å². The number of methoxy groups -OCH3 is 2. The topological polar surface area (TPSA) is 47.6 Å². The average molecular weight is 340 g/mol. The van der Waals surface area contributed by atoms with E-state index < -0.39 is 0 Å². The highest BCUT2D eigenvalue weighted by Crippen LogP contribution is 2.26. The number of anilines is 1. The number of ether oxygens (including phenoxy) is 2. The average Bonchev–Trinajstić information content (AvgIpc) is 2.46. The Kier molecular flexibility index (Phi) is 5.52. The van der Waals surface area contributed by atoms with Crippen LogP contribution >= 0.6 is 23.2 Å². The molecule has 2 aromatic carbocycles. The standard InChI is InChI=1S/C16H15Cl2NO3/c1-21-14-4-3-10(15(9-14)22-2)5-16(20)19-13-7-11(17)6-12(18)8-13/h3-4,6-9H,5H2,1-2H3,(H,19,20). The molecule has 22 heavy (non-hydrogen) atoms. The summed E-state index contributed by atoms with van der Waals surface area (Å²) in [5, 5.41) is 3.68. The maximum absolute atomic E-state index is 12.1. The number of rotatable bonds is 5. The molecule has 116 valence electrons. The number of carbonyl (C=O) groups excluding carboxylic acids is 1. The number of hydrogen-bond acceptors (Lipinski definition) is 3. The Morgan fingerprint density at radius 1 is 1.05 bits per heavy atom. The monoisotopic (exact) mass is 339 g/mol. The van der Waals surface area contributed by atoms with Crippen molar-refractivity contribution in [3.8, 4) is 11.5 Å². The summed E-state index contributed by atoms with van der Waals surface area (Å²) in [6, 6.07) is 10.2. The van der Waals surface area contributed by atoms with E-state index in [0.717, 1.165) is 5.56 Å². The van der Waals surface area contributed by atoms with Crippen LogP contribution in [0, 0.1) is 0 Å². The zero-order valence-corrected chi connectivity index (χ0v) is 13.7. The summed E-state index contributed by atoms with van der Waals surface area (Å²) in [6.45, 7) is 0. The molecule has 0 atom stereocenters. The molecule has 0 unspecified atom stereocenters. The molecule has 0 saturated heterocycles. The van der Waals surface area contributed by atoms with Crippen LogP contribution in [0.1, 0.15) is 5.56 Å². The zero-order valence-electron chi connectivity index (χ0n) is 12.2. The van der Waals surface area contributed by atoms with E-state index in [2.05, 4.69) is 5.32 Å². The summed E-state index contributed by atoms with van der Waals surface area (Å²) >= 11 is 11.8. The van der Waals surface area contributed by atoms with Crippen molar-refractivity contribution in [3.05, 3.63) is 52.0 Å². The number of nitrogens with one attached hydrogen (secondary N) is 1. The van der Waals surface area contributed by atoms with Gasteiger partial charge in [0, 0.05) is 27.4 Å². The van der Waals surface area contributed by atoms with Gasteiger partial charge in [0.15, 0.2) is 0 Å². The predicted octanol–water partition coefficient (Wildman–Crippen LogP) is 4.19. The summed E-state index contributed by atoms with van der Waals surface area (Å²) in [5.74, 6) is 1.07. The number of halogens is 2. The second-order valence-electron chi connectivity index (χ2n) is 4.56. The Bertz CT molecular complexity index is 669. The van der Waals surface area contributed by atoms with Gasteiger partial charge in [0.2, 0.25) is 5.91 Å². The number of benzene rings is 2. The van der Waals surface area contributed by atoms with E-state index in [0.29, 0.717) is 27.2 Å². The molecule has 2 rings (SSSR count). The fourth-order valence-electron chi connectivity index (χ4n) is 2.00. The number of carbonyl (C=O) groups is 1. The van der Waals surface area contributed by atoms with Crippen molar-refractivity contribution in [1.82, 2.24) is 0 Å². The smallest absolute Gasteiger partial charge is 0.228 e. The molecule has 2 aromatic rings. The van der Waals surface area contributed by atoms with Gasteiger partial charge in [-0.1, -0.05) is 29.3 Å². The van der Waals surface area contributed by atoms with Crippen LogP contribution in [0.2, 0.25) is 10.0 Å². The van der Waals surface area contributed by atoms with Gasteiger partial charge in [0.1, 0.15) is 11.5 Å². The normalized spacial score (nSPS) is 10.2. The zero-order chi connectivity index (χ0) is 16.1. The van der Waals surface area contributed by atoms with E-state index in [1.54, 1.807) is 50.6 Å². The summed E-state index contributed by atoms with van der Waals surface area (Å²) in [6.07, 6.45) is 0.164. The Morgan fingerprint density at radius 3 is 2.32 bits per heavy atom. The maximum atomic E-state index is 12.1. The Balaban J connectivity index is 2.11. The van der Waals surface area contributed by atoms with Gasteiger partial charge < -0.3 is 14.8 Å². The molecule has 0 fully saturated rings. The third kappa shape index (κ3) is 4.29. The van der Waals surface area contributed by atoms with E-state index in [9.17, 15) is 4.79 Å². The molecular weight excluding hydrogens is 325 g/mol. The first-order chi connectivity index (χ1) is 10.5. The molecule has 1 N–H and O–H groups in total. The third-order valence-electron chi connectivity index (χ3n) is 2.99. The first-order valence-corrected chi connectivity index (χ1v) is 7.24. The molecule has 0 bridgehead atoms. The van der Waals surface area contributed by atoms with Crippen molar-refractivity contribution in [3.63, 3.8) is 0 Å². The van der Waals surface area contributed by atoms with Gasteiger partial charge in [0.25, 0.3) is 0 Å². The van der Waals surface area contributed by atoms with Crippen LogP contribution in [0.15, 0.2) is 36.4 Å². The lowest BCUT2D eigenvalue weighted by atomic mass is 10.1. The van der Waals surface area contributed by atoms with E-state index in [1.165, 1.54) is 0 Å². The minimum Gasteiger partial charge on any atom is -0.497 e. The van der Waals surface area contributed by atoms with Crippen molar-refractivity contribution >= 4 is 34.8 Å². The quantitative estimate of drug-likeness (QED) is 0.888. The second kappa shape index (κ2) is 7.38. The number of amides is 1. The van der Waals surface area contributed by atoms with E-state index in [-0.39, 0.29) is 12.3 Å². The fraction of sp³-hybridized carbons (Fsp3) is 0.188. The molecule has 6 heteroatoms. The first-order valence-electron chi connectivity index (χ1n) is 6.48. The summed E-state index contributed by atoms with van der Waals surface area (Å²) in [5.41, 5.74) is 1.31. The summed E-state index contributed by atoms with van der Waals surface area (Å²) in [7, 11) is 3.12. The van der Waals surface area contributed by atoms with Gasteiger partial charge in [-0.15, -0.1) is 0 Å².